The summed E-state index contributed by atoms with van der Waals surface area (Å²) in [6.45, 7) is 7.76. The molecule has 1 aliphatic carbocycles. The second-order valence-corrected chi connectivity index (χ2v) is 9.10. The molecule has 0 radical (unpaired) electrons. The highest BCUT2D eigenvalue weighted by Crippen LogP contribution is 2.45. The van der Waals surface area contributed by atoms with Gasteiger partial charge in [-0.3, -0.25) is 4.79 Å². The Labute approximate surface area is 175 Å². The molecule has 0 unspecified atom stereocenters. The maximum absolute atomic E-state index is 12.6. The van der Waals surface area contributed by atoms with Crippen molar-refractivity contribution in [3.8, 4) is 0 Å². The smallest absolute Gasteiger partial charge is 0.253 e. The van der Waals surface area contributed by atoms with Gasteiger partial charge in [0.1, 0.15) is 0 Å². The van der Waals surface area contributed by atoms with E-state index < -0.39 is 0 Å². The molecule has 158 valence electrons. The zero-order valence-electron chi connectivity index (χ0n) is 18.0. The number of guanidine groups is 1. The molecule has 1 aromatic rings. The normalized spacial score (nSPS) is 21.8. The summed E-state index contributed by atoms with van der Waals surface area (Å²) in [4.78, 5) is 22.0. The van der Waals surface area contributed by atoms with Gasteiger partial charge in [-0.05, 0) is 68.6 Å². The summed E-state index contributed by atoms with van der Waals surface area (Å²) in [6, 6.07) is 8.07. The Bertz CT molecular complexity index is 715. The maximum Gasteiger partial charge on any atom is 0.253 e. The molecule has 4 rings (SSSR count). The molecule has 2 heterocycles. The van der Waals surface area contributed by atoms with E-state index in [1.54, 1.807) is 0 Å². The molecule has 1 aromatic carbocycles. The van der Waals surface area contributed by atoms with Gasteiger partial charge < -0.3 is 15.1 Å². The minimum absolute atomic E-state index is 0.173. The van der Waals surface area contributed by atoms with Crippen molar-refractivity contribution in [2.24, 2.45) is 10.4 Å². The van der Waals surface area contributed by atoms with Crippen molar-refractivity contribution < 1.29 is 4.79 Å². The lowest BCUT2D eigenvalue weighted by Crippen LogP contribution is -2.41. The fourth-order valence-electron chi connectivity index (χ4n) is 5.27. The van der Waals surface area contributed by atoms with Crippen molar-refractivity contribution in [2.75, 3.05) is 32.7 Å². The summed E-state index contributed by atoms with van der Waals surface area (Å²) in [5.74, 6) is 1.22. The largest absolute Gasteiger partial charge is 0.357 e. The van der Waals surface area contributed by atoms with Crippen molar-refractivity contribution in [1.29, 1.82) is 0 Å². The third-order valence-corrected chi connectivity index (χ3v) is 6.99. The molecule has 1 N–H and O–H groups in total. The summed E-state index contributed by atoms with van der Waals surface area (Å²) in [6.07, 6.45) is 10.4. The molecule has 1 spiro atoms. The van der Waals surface area contributed by atoms with Crippen LogP contribution in [0.5, 0.6) is 0 Å². The van der Waals surface area contributed by atoms with Gasteiger partial charge in [0.05, 0.1) is 6.54 Å². The molecule has 2 saturated heterocycles. The standard InChI is InChI=1S/C24H36N4O/c1-2-25-23(28-17-14-24(19-28)12-4-5-13-24)26-18-20-8-10-21(11-9-20)22(29)27-15-6-3-7-16-27/h8-11H,2-7,12-19H2,1H3,(H,25,26). The van der Waals surface area contributed by atoms with Gasteiger partial charge in [-0.25, -0.2) is 4.99 Å². The number of piperidine rings is 1. The minimum atomic E-state index is 0.173. The molecule has 0 atom stereocenters. The highest BCUT2D eigenvalue weighted by atomic mass is 16.2. The summed E-state index contributed by atoms with van der Waals surface area (Å²) >= 11 is 0. The predicted octanol–water partition coefficient (Wildman–Crippen LogP) is 4.04. The van der Waals surface area contributed by atoms with E-state index in [1.807, 2.05) is 17.0 Å². The number of hydrogen-bond donors (Lipinski definition) is 1. The van der Waals surface area contributed by atoms with Crippen LogP contribution >= 0.6 is 0 Å². The first kappa shape index (κ1) is 20.2. The van der Waals surface area contributed by atoms with E-state index in [0.29, 0.717) is 12.0 Å². The number of benzene rings is 1. The average Bonchev–Trinajstić information content (AvgIpc) is 3.41. The number of aliphatic imine (C=N–C) groups is 1. The first-order valence-electron chi connectivity index (χ1n) is 11.6. The molecular formula is C24H36N4O. The van der Waals surface area contributed by atoms with Crippen LogP contribution in [-0.2, 0) is 6.54 Å². The molecule has 0 bridgehead atoms. The van der Waals surface area contributed by atoms with Crippen LogP contribution < -0.4 is 5.32 Å². The number of amides is 1. The molecule has 1 saturated carbocycles. The van der Waals surface area contributed by atoms with Crippen molar-refractivity contribution in [1.82, 2.24) is 15.1 Å². The second kappa shape index (κ2) is 9.19. The van der Waals surface area contributed by atoms with Crippen LogP contribution in [0.15, 0.2) is 29.3 Å². The van der Waals surface area contributed by atoms with E-state index in [2.05, 4.69) is 29.3 Å². The molecule has 2 aliphatic heterocycles. The van der Waals surface area contributed by atoms with E-state index in [9.17, 15) is 4.79 Å². The van der Waals surface area contributed by atoms with Crippen LogP contribution in [0.2, 0.25) is 0 Å². The van der Waals surface area contributed by atoms with Crippen molar-refractivity contribution in [2.45, 2.75) is 64.8 Å². The van der Waals surface area contributed by atoms with E-state index in [0.717, 1.165) is 62.7 Å². The Hall–Kier alpha value is -2.04. The molecule has 29 heavy (non-hydrogen) atoms. The monoisotopic (exact) mass is 396 g/mol. The van der Waals surface area contributed by atoms with Gasteiger partial charge in [0.25, 0.3) is 5.91 Å². The zero-order valence-corrected chi connectivity index (χ0v) is 18.0. The number of nitrogens with one attached hydrogen (secondary N) is 1. The SMILES string of the molecule is CCNC(=NCc1ccc(C(=O)N2CCCCC2)cc1)N1CCC2(CCCC2)C1. The molecule has 3 aliphatic rings. The molecule has 0 aromatic heterocycles. The van der Waals surface area contributed by atoms with E-state index >= 15 is 0 Å². The Kier molecular flexibility index (Phi) is 6.41. The average molecular weight is 397 g/mol. The summed E-state index contributed by atoms with van der Waals surface area (Å²) in [7, 11) is 0. The van der Waals surface area contributed by atoms with Gasteiger partial charge in [0, 0.05) is 38.3 Å². The van der Waals surface area contributed by atoms with Crippen LogP contribution in [0.25, 0.3) is 0 Å². The van der Waals surface area contributed by atoms with E-state index in [4.69, 9.17) is 4.99 Å². The van der Waals surface area contributed by atoms with Gasteiger partial charge in [-0.1, -0.05) is 25.0 Å². The van der Waals surface area contributed by atoms with Crippen LogP contribution in [0.1, 0.15) is 74.2 Å². The third-order valence-electron chi connectivity index (χ3n) is 6.99. The van der Waals surface area contributed by atoms with Crippen LogP contribution in [0, 0.1) is 5.41 Å². The van der Waals surface area contributed by atoms with Crippen LogP contribution in [-0.4, -0.2) is 54.4 Å². The number of likely N-dealkylation sites (tertiary alicyclic amines) is 2. The Morgan fingerprint density at radius 1 is 0.966 bits per heavy atom. The molecular weight excluding hydrogens is 360 g/mol. The summed E-state index contributed by atoms with van der Waals surface area (Å²) < 4.78 is 0. The Morgan fingerprint density at radius 3 is 2.38 bits per heavy atom. The fraction of sp³-hybridized carbons (Fsp3) is 0.667. The quantitative estimate of drug-likeness (QED) is 0.617. The maximum atomic E-state index is 12.6. The third kappa shape index (κ3) is 4.76. The first-order chi connectivity index (χ1) is 14.2. The van der Waals surface area contributed by atoms with E-state index in [-0.39, 0.29) is 5.91 Å². The zero-order chi connectivity index (χ0) is 20.1. The molecule has 3 fully saturated rings. The topological polar surface area (TPSA) is 47.9 Å². The lowest BCUT2D eigenvalue weighted by Gasteiger charge is -2.26. The lowest BCUT2D eigenvalue weighted by atomic mass is 9.86. The van der Waals surface area contributed by atoms with Crippen molar-refractivity contribution in [3.63, 3.8) is 0 Å². The number of nitrogens with zero attached hydrogens (tertiary/aromatic N) is 3. The molecule has 5 heteroatoms. The van der Waals surface area contributed by atoms with Crippen molar-refractivity contribution >= 4 is 11.9 Å². The highest BCUT2D eigenvalue weighted by Gasteiger charge is 2.41. The second-order valence-electron chi connectivity index (χ2n) is 9.10. The fourth-order valence-corrected chi connectivity index (χ4v) is 5.27. The van der Waals surface area contributed by atoms with Crippen LogP contribution in [0.3, 0.4) is 0 Å². The van der Waals surface area contributed by atoms with Gasteiger partial charge in [0.2, 0.25) is 0 Å². The van der Waals surface area contributed by atoms with Crippen LogP contribution in [0.4, 0.5) is 0 Å². The highest BCUT2D eigenvalue weighted by molar-refractivity contribution is 5.94. The summed E-state index contributed by atoms with van der Waals surface area (Å²) in [5.41, 5.74) is 2.51. The van der Waals surface area contributed by atoms with Gasteiger partial charge in [0.15, 0.2) is 5.96 Å². The van der Waals surface area contributed by atoms with Crippen molar-refractivity contribution in [3.05, 3.63) is 35.4 Å². The minimum Gasteiger partial charge on any atom is -0.357 e. The lowest BCUT2D eigenvalue weighted by molar-refractivity contribution is 0.0724. The Morgan fingerprint density at radius 2 is 1.69 bits per heavy atom. The number of hydrogen-bond acceptors (Lipinski definition) is 2. The number of rotatable bonds is 4. The van der Waals surface area contributed by atoms with Gasteiger partial charge in [-0.2, -0.15) is 0 Å². The Balaban J connectivity index is 1.38. The first-order valence-corrected chi connectivity index (χ1v) is 11.6. The molecule has 5 nitrogen and oxygen atoms in total. The summed E-state index contributed by atoms with van der Waals surface area (Å²) in [5, 5.41) is 3.49. The van der Waals surface area contributed by atoms with Gasteiger partial charge >= 0.3 is 0 Å². The molecule has 1 amide bonds. The number of carbonyl (C=O) groups is 1. The van der Waals surface area contributed by atoms with E-state index in [1.165, 1.54) is 38.5 Å². The van der Waals surface area contributed by atoms with Gasteiger partial charge in [-0.15, -0.1) is 0 Å². The predicted molar refractivity (Wildman–Crippen MR) is 118 cm³/mol. The number of carbonyl (C=O) groups excluding carboxylic acids is 1.